The molecule has 0 saturated carbocycles. The van der Waals surface area contributed by atoms with Crippen molar-refractivity contribution in [2.75, 3.05) is 26.3 Å². The molecule has 0 bridgehead atoms. The Morgan fingerprint density at radius 1 is 1.48 bits per heavy atom. The summed E-state index contributed by atoms with van der Waals surface area (Å²) in [6.07, 6.45) is 3.84. The van der Waals surface area contributed by atoms with Crippen LogP contribution in [0.3, 0.4) is 0 Å². The number of piperidine rings is 1. The average molecular weight is 349 g/mol. The monoisotopic (exact) mass is 349 g/mol. The Morgan fingerprint density at radius 3 is 2.84 bits per heavy atom. The predicted octanol–water partition coefficient (Wildman–Crippen LogP) is 0.647. The summed E-state index contributed by atoms with van der Waals surface area (Å²) < 4.78 is 5.40. The van der Waals surface area contributed by atoms with Crippen LogP contribution in [-0.4, -0.2) is 57.8 Å². The molecule has 1 aromatic rings. The molecule has 25 heavy (non-hydrogen) atoms. The number of aromatic nitrogens is 2. The molecular weight excluding hydrogens is 322 g/mol. The fourth-order valence-corrected chi connectivity index (χ4v) is 4.08. The van der Waals surface area contributed by atoms with E-state index in [1.165, 1.54) is 6.20 Å². The fourth-order valence-electron chi connectivity index (χ4n) is 4.08. The van der Waals surface area contributed by atoms with Gasteiger partial charge in [0.15, 0.2) is 0 Å². The summed E-state index contributed by atoms with van der Waals surface area (Å²) >= 11 is 0. The Hall–Kier alpha value is -1.73. The number of carbonyl (C=O) groups is 1. The topological polar surface area (TPSA) is 95.5 Å². The number of hydrogen-bond acceptors (Lipinski definition) is 5. The number of hydrogen-bond donors (Lipinski definition) is 2. The molecule has 0 radical (unpaired) electrons. The van der Waals surface area contributed by atoms with Gasteiger partial charge in [0.05, 0.1) is 12.0 Å². The van der Waals surface area contributed by atoms with Crippen molar-refractivity contribution in [3.05, 3.63) is 27.9 Å². The molecular formula is C18H27N3O4. The summed E-state index contributed by atoms with van der Waals surface area (Å²) in [6, 6.07) is 0. The molecule has 1 amide bonds. The van der Waals surface area contributed by atoms with Crippen LogP contribution in [-0.2, 0) is 16.0 Å². The van der Waals surface area contributed by atoms with E-state index in [9.17, 15) is 14.7 Å². The maximum Gasteiger partial charge on any atom is 0.254 e. The van der Waals surface area contributed by atoms with E-state index in [4.69, 9.17) is 4.74 Å². The first-order chi connectivity index (χ1) is 11.9. The van der Waals surface area contributed by atoms with E-state index in [0.29, 0.717) is 44.1 Å². The molecule has 7 heteroatoms. The highest BCUT2D eigenvalue weighted by atomic mass is 16.5. The number of aryl methyl sites for hydroxylation is 1. The first-order valence-electron chi connectivity index (χ1n) is 9.03. The number of rotatable bonds is 3. The van der Waals surface area contributed by atoms with Crippen molar-refractivity contribution in [2.45, 2.75) is 45.1 Å². The summed E-state index contributed by atoms with van der Waals surface area (Å²) in [4.78, 5) is 32.9. The van der Waals surface area contributed by atoms with Gasteiger partial charge < -0.3 is 19.7 Å². The molecule has 3 rings (SSSR count). The van der Waals surface area contributed by atoms with Gasteiger partial charge in [-0.25, -0.2) is 4.98 Å². The Bertz CT molecular complexity index is 683. The number of likely N-dealkylation sites (tertiary alicyclic amines) is 1. The lowest BCUT2D eigenvalue weighted by molar-refractivity contribution is -0.150. The highest BCUT2D eigenvalue weighted by Crippen LogP contribution is 2.39. The summed E-state index contributed by atoms with van der Waals surface area (Å²) in [5.41, 5.74) is -0.609. The molecule has 0 aromatic carbocycles. The van der Waals surface area contributed by atoms with Crippen LogP contribution in [0, 0.1) is 18.8 Å². The van der Waals surface area contributed by atoms with Crippen LogP contribution in [0.5, 0.6) is 0 Å². The molecule has 0 aliphatic carbocycles. The van der Waals surface area contributed by atoms with Gasteiger partial charge in [-0.15, -0.1) is 0 Å². The summed E-state index contributed by atoms with van der Waals surface area (Å²) in [6.45, 7) is 6.15. The lowest BCUT2D eigenvalue weighted by Crippen LogP contribution is -2.57. The molecule has 2 aliphatic rings. The molecule has 3 heterocycles. The number of nitrogens with one attached hydrogen (secondary N) is 1. The number of aromatic amines is 1. The van der Waals surface area contributed by atoms with Crippen molar-refractivity contribution in [3.8, 4) is 0 Å². The van der Waals surface area contributed by atoms with E-state index in [2.05, 4.69) is 9.97 Å². The highest BCUT2D eigenvalue weighted by Gasteiger charge is 2.45. The zero-order valence-corrected chi connectivity index (χ0v) is 15.0. The van der Waals surface area contributed by atoms with E-state index in [-0.39, 0.29) is 29.7 Å². The van der Waals surface area contributed by atoms with E-state index in [1.807, 2.05) is 6.92 Å². The molecule has 1 aromatic heterocycles. The van der Waals surface area contributed by atoms with E-state index < -0.39 is 5.60 Å². The smallest absolute Gasteiger partial charge is 0.254 e. The van der Waals surface area contributed by atoms with Crippen LogP contribution < -0.4 is 5.56 Å². The Morgan fingerprint density at radius 2 is 2.20 bits per heavy atom. The molecule has 0 unspecified atom stereocenters. The lowest BCUT2D eigenvalue weighted by Gasteiger charge is -2.48. The first-order valence-corrected chi connectivity index (χ1v) is 9.03. The Balaban J connectivity index is 1.63. The number of nitrogens with zero attached hydrogens (tertiary/aromatic N) is 2. The number of aliphatic hydroxyl groups is 1. The van der Waals surface area contributed by atoms with Gasteiger partial charge in [-0.05, 0) is 32.1 Å². The zero-order chi connectivity index (χ0) is 18.0. The molecule has 2 N–H and O–H groups in total. The second-order valence-electron chi connectivity index (χ2n) is 7.37. The molecule has 2 fully saturated rings. The molecule has 0 spiro atoms. The SMILES string of the molecule is Cc1ncc(CC(=O)N2CC[C@@](O)(C3CCOCC3)[C@H](C)C2)c(=O)[nH]1. The second-order valence-corrected chi connectivity index (χ2v) is 7.37. The van der Waals surface area contributed by atoms with Gasteiger partial charge in [0.25, 0.3) is 5.56 Å². The standard InChI is InChI=1S/C18H27N3O4/c1-12-11-21(6-5-18(12,24)15-3-7-25-8-4-15)16(22)9-14-10-19-13(2)20-17(14)23/h10,12,15,24H,3-9,11H2,1-2H3,(H,19,20,23)/t12-,18+/m1/s1. The minimum atomic E-state index is -0.733. The van der Waals surface area contributed by atoms with Gasteiger partial charge in [-0.3, -0.25) is 9.59 Å². The molecule has 138 valence electrons. The number of amides is 1. The van der Waals surface area contributed by atoms with Crippen LogP contribution in [0.1, 0.15) is 37.6 Å². The predicted molar refractivity (Wildman–Crippen MR) is 92.2 cm³/mol. The normalized spacial score (nSPS) is 28.1. The highest BCUT2D eigenvalue weighted by molar-refractivity contribution is 5.78. The van der Waals surface area contributed by atoms with Crippen molar-refractivity contribution < 1.29 is 14.6 Å². The van der Waals surface area contributed by atoms with Crippen LogP contribution >= 0.6 is 0 Å². The van der Waals surface area contributed by atoms with Crippen molar-refractivity contribution in [3.63, 3.8) is 0 Å². The van der Waals surface area contributed by atoms with Gasteiger partial charge in [0.2, 0.25) is 5.91 Å². The average Bonchev–Trinajstić information content (AvgIpc) is 2.60. The second kappa shape index (κ2) is 7.25. The summed E-state index contributed by atoms with van der Waals surface area (Å²) in [5.74, 6) is 0.687. The summed E-state index contributed by atoms with van der Waals surface area (Å²) in [7, 11) is 0. The maximum absolute atomic E-state index is 12.6. The number of H-pyrrole nitrogens is 1. The van der Waals surface area contributed by atoms with Crippen LogP contribution in [0.2, 0.25) is 0 Å². The zero-order valence-electron chi connectivity index (χ0n) is 15.0. The van der Waals surface area contributed by atoms with Gasteiger partial charge in [-0.1, -0.05) is 6.92 Å². The van der Waals surface area contributed by atoms with Crippen LogP contribution in [0.4, 0.5) is 0 Å². The molecule has 2 aliphatic heterocycles. The van der Waals surface area contributed by atoms with E-state index in [0.717, 1.165) is 12.8 Å². The van der Waals surface area contributed by atoms with Gasteiger partial charge in [-0.2, -0.15) is 0 Å². The molecule has 7 nitrogen and oxygen atoms in total. The van der Waals surface area contributed by atoms with Crippen molar-refractivity contribution in [1.29, 1.82) is 0 Å². The third-order valence-corrected chi connectivity index (χ3v) is 5.75. The summed E-state index contributed by atoms with van der Waals surface area (Å²) in [5, 5.41) is 11.2. The van der Waals surface area contributed by atoms with Crippen molar-refractivity contribution in [1.82, 2.24) is 14.9 Å². The van der Waals surface area contributed by atoms with Crippen molar-refractivity contribution in [2.24, 2.45) is 11.8 Å². The Kier molecular flexibility index (Phi) is 5.24. The molecule has 2 saturated heterocycles. The van der Waals surface area contributed by atoms with Crippen LogP contribution in [0.25, 0.3) is 0 Å². The first kappa shape index (κ1) is 18.1. The van der Waals surface area contributed by atoms with Crippen molar-refractivity contribution >= 4 is 5.91 Å². The molecule has 2 atom stereocenters. The van der Waals surface area contributed by atoms with E-state index >= 15 is 0 Å². The third-order valence-electron chi connectivity index (χ3n) is 5.75. The van der Waals surface area contributed by atoms with Gasteiger partial charge >= 0.3 is 0 Å². The quantitative estimate of drug-likeness (QED) is 0.835. The maximum atomic E-state index is 12.6. The fraction of sp³-hybridized carbons (Fsp3) is 0.722. The largest absolute Gasteiger partial charge is 0.389 e. The number of ether oxygens (including phenoxy) is 1. The van der Waals surface area contributed by atoms with Gasteiger partial charge in [0.1, 0.15) is 5.82 Å². The van der Waals surface area contributed by atoms with Gasteiger partial charge in [0, 0.05) is 44.0 Å². The third kappa shape index (κ3) is 3.77. The Labute approximate surface area is 147 Å². The lowest BCUT2D eigenvalue weighted by atomic mass is 9.70. The van der Waals surface area contributed by atoms with E-state index in [1.54, 1.807) is 11.8 Å². The van der Waals surface area contributed by atoms with Crippen LogP contribution in [0.15, 0.2) is 11.0 Å². The minimum absolute atomic E-state index is 0.00253. The minimum Gasteiger partial charge on any atom is -0.389 e. The number of carbonyl (C=O) groups excluding carboxylic acids is 1.